The Hall–Kier alpha value is -3.75. The molecular weight excluding hydrogens is 496 g/mol. The summed E-state index contributed by atoms with van der Waals surface area (Å²) in [5.41, 5.74) is 1.65. The van der Waals surface area contributed by atoms with Gasteiger partial charge in [0.05, 0.1) is 23.8 Å². The molecule has 8 heteroatoms. The van der Waals surface area contributed by atoms with E-state index in [2.05, 4.69) is 10.3 Å². The molecular formula is C31H38N2O6. The van der Waals surface area contributed by atoms with E-state index < -0.39 is 29.9 Å². The van der Waals surface area contributed by atoms with E-state index in [0.717, 1.165) is 22.1 Å². The third-order valence-corrected chi connectivity index (χ3v) is 5.86. The summed E-state index contributed by atoms with van der Waals surface area (Å²) in [5, 5.41) is 22.7. The smallest absolute Gasteiger partial charge is 0.350 e. The monoisotopic (exact) mass is 534 g/mol. The van der Waals surface area contributed by atoms with Gasteiger partial charge in [0, 0.05) is 11.9 Å². The molecule has 0 saturated carbocycles. The zero-order chi connectivity index (χ0) is 29.0. The molecule has 3 aromatic rings. The van der Waals surface area contributed by atoms with Gasteiger partial charge >= 0.3 is 5.97 Å². The van der Waals surface area contributed by atoms with Gasteiger partial charge in [0.15, 0.2) is 11.4 Å². The van der Waals surface area contributed by atoms with Crippen LogP contribution in [-0.4, -0.2) is 57.4 Å². The molecule has 3 rings (SSSR count). The maximum atomic E-state index is 13.3. The minimum atomic E-state index is -1.19. The lowest BCUT2D eigenvalue weighted by molar-refractivity contribution is -0.171. The summed E-state index contributed by atoms with van der Waals surface area (Å²) in [4.78, 5) is 30.5. The van der Waals surface area contributed by atoms with Crippen LogP contribution in [0.5, 0.6) is 5.75 Å². The third-order valence-electron chi connectivity index (χ3n) is 5.86. The average Bonchev–Trinajstić information content (AvgIpc) is 2.86. The molecule has 0 fully saturated rings. The summed E-state index contributed by atoms with van der Waals surface area (Å²) in [6.07, 6.45) is 2.20. The average molecular weight is 535 g/mol. The third kappa shape index (κ3) is 7.88. The molecule has 0 aliphatic rings. The van der Waals surface area contributed by atoms with Crippen molar-refractivity contribution in [2.75, 3.05) is 18.5 Å². The fraction of sp³-hybridized carbons (Fsp3) is 0.387. The van der Waals surface area contributed by atoms with Gasteiger partial charge in [0.2, 0.25) is 0 Å². The molecule has 0 saturated heterocycles. The molecule has 8 nitrogen and oxygen atoms in total. The number of rotatable bonds is 10. The van der Waals surface area contributed by atoms with Gasteiger partial charge in [-0.1, -0.05) is 24.3 Å². The number of hydrogen-bond donors (Lipinski definition) is 3. The predicted molar refractivity (Wildman–Crippen MR) is 153 cm³/mol. The van der Waals surface area contributed by atoms with Crippen LogP contribution in [-0.2, 0) is 9.53 Å². The fourth-order valence-electron chi connectivity index (χ4n) is 3.92. The Bertz CT molecular complexity index is 1360. The number of carbonyl (C=O) groups is 2. The number of nitrogens with one attached hydrogen (secondary N) is 1. The summed E-state index contributed by atoms with van der Waals surface area (Å²) >= 11 is 0. The zero-order valence-corrected chi connectivity index (χ0v) is 23.7. The van der Waals surface area contributed by atoms with Gasteiger partial charge < -0.3 is 25.0 Å². The van der Waals surface area contributed by atoms with Crippen LogP contribution in [0.4, 0.5) is 5.82 Å². The number of nitrogens with zero attached hydrogens (tertiary/aromatic N) is 1. The molecule has 0 bridgehead atoms. The normalized spacial score (nSPS) is 12.9. The van der Waals surface area contributed by atoms with Crippen LogP contribution in [0.15, 0.2) is 48.5 Å². The fourth-order valence-corrected chi connectivity index (χ4v) is 3.92. The molecule has 1 heterocycles. The van der Waals surface area contributed by atoms with Crippen molar-refractivity contribution in [3.05, 3.63) is 70.8 Å². The van der Waals surface area contributed by atoms with Crippen molar-refractivity contribution in [3.63, 3.8) is 0 Å². The van der Waals surface area contributed by atoms with Crippen LogP contribution < -0.4 is 10.1 Å². The number of esters is 1. The highest BCUT2D eigenvalue weighted by Gasteiger charge is 2.35. The predicted octanol–water partition coefficient (Wildman–Crippen LogP) is 5.01. The number of carbonyl (C=O) groups excluding carboxylic acids is 2. The first-order valence-electron chi connectivity index (χ1n) is 12.9. The summed E-state index contributed by atoms with van der Waals surface area (Å²) < 4.78 is 11.6. The van der Waals surface area contributed by atoms with Gasteiger partial charge in [0.1, 0.15) is 17.2 Å². The van der Waals surface area contributed by atoms with Gasteiger partial charge in [-0.2, -0.15) is 0 Å². The number of aromatic nitrogens is 1. The molecule has 0 unspecified atom stereocenters. The summed E-state index contributed by atoms with van der Waals surface area (Å²) in [6, 6.07) is 13.0. The number of pyridine rings is 1. The van der Waals surface area contributed by atoms with Crippen LogP contribution in [0.3, 0.4) is 0 Å². The number of aryl methyl sites for hydroxylation is 2. The van der Waals surface area contributed by atoms with Crippen LogP contribution in [0.2, 0.25) is 0 Å². The standard InChI is InChI=1S/C31H38N2O6/c1-19-14-21(15-20(2)27(19)38-31(6,7)29(37)39-30(3,4)5)12-13-26(36)24-16-22-10-8-9-11-25(22)33-28(24)32-17-23(35)18-34/h8-16,23,34-35H,17-18H2,1-7H3,(H,32,33)/b13-12+/t23-/m1/s1. The van der Waals surface area contributed by atoms with Crippen LogP contribution in [0.1, 0.15) is 61.7 Å². The minimum Gasteiger partial charge on any atom is -0.476 e. The quantitative estimate of drug-likeness (QED) is 0.189. The molecule has 0 aliphatic heterocycles. The van der Waals surface area contributed by atoms with Crippen molar-refractivity contribution in [1.29, 1.82) is 0 Å². The van der Waals surface area contributed by atoms with E-state index in [-0.39, 0.29) is 12.3 Å². The first kappa shape index (κ1) is 29.8. The molecule has 0 aliphatic carbocycles. The van der Waals surface area contributed by atoms with Crippen molar-refractivity contribution in [1.82, 2.24) is 4.98 Å². The molecule has 0 radical (unpaired) electrons. The van der Waals surface area contributed by atoms with Gasteiger partial charge in [-0.3, -0.25) is 4.79 Å². The topological polar surface area (TPSA) is 118 Å². The van der Waals surface area contributed by atoms with Crippen molar-refractivity contribution < 1.29 is 29.3 Å². The van der Waals surface area contributed by atoms with E-state index >= 15 is 0 Å². The second kappa shape index (κ2) is 12.0. The number of para-hydroxylation sites is 1. The van der Waals surface area contributed by atoms with E-state index in [1.807, 2.05) is 71.0 Å². The molecule has 2 aromatic carbocycles. The highest BCUT2D eigenvalue weighted by Crippen LogP contribution is 2.30. The lowest BCUT2D eigenvalue weighted by Crippen LogP contribution is -2.43. The van der Waals surface area contributed by atoms with E-state index in [1.165, 1.54) is 6.08 Å². The van der Waals surface area contributed by atoms with Crippen LogP contribution in [0.25, 0.3) is 17.0 Å². The largest absolute Gasteiger partial charge is 0.476 e. The maximum absolute atomic E-state index is 13.3. The van der Waals surface area contributed by atoms with Crippen molar-refractivity contribution in [3.8, 4) is 5.75 Å². The number of aliphatic hydroxyl groups excluding tert-OH is 2. The molecule has 0 amide bonds. The highest BCUT2D eigenvalue weighted by molar-refractivity contribution is 6.11. The first-order valence-corrected chi connectivity index (χ1v) is 12.9. The summed E-state index contributed by atoms with van der Waals surface area (Å²) in [7, 11) is 0. The Morgan fingerprint density at radius 2 is 1.69 bits per heavy atom. The van der Waals surface area contributed by atoms with Gasteiger partial charge in [-0.15, -0.1) is 0 Å². The number of fused-ring (bicyclic) bond motifs is 1. The Labute approximate surface area is 229 Å². The van der Waals surface area contributed by atoms with Gasteiger partial charge in [-0.25, -0.2) is 9.78 Å². The number of ketones is 1. The Balaban J connectivity index is 1.85. The maximum Gasteiger partial charge on any atom is 0.350 e. The first-order chi connectivity index (χ1) is 18.2. The van der Waals surface area contributed by atoms with E-state index in [4.69, 9.17) is 14.6 Å². The molecule has 0 spiro atoms. The Morgan fingerprint density at radius 1 is 1.05 bits per heavy atom. The second-order valence-corrected chi connectivity index (χ2v) is 11.1. The molecule has 3 N–H and O–H groups in total. The van der Waals surface area contributed by atoms with E-state index in [9.17, 15) is 14.7 Å². The molecule has 208 valence electrons. The minimum absolute atomic E-state index is 0.0470. The number of hydrogen-bond acceptors (Lipinski definition) is 8. The number of allylic oxidation sites excluding steroid dienone is 1. The van der Waals surface area contributed by atoms with Crippen LogP contribution >= 0.6 is 0 Å². The SMILES string of the molecule is Cc1cc(/C=C/C(=O)c2cc3ccccc3nc2NC[C@@H](O)CO)cc(C)c1OC(C)(C)C(=O)OC(C)(C)C. The highest BCUT2D eigenvalue weighted by atomic mass is 16.6. The van der Waals surface area contributed by atoms with Gasteiger partial charge in [0.25, 0.3) is 0 Å². The van der Waals surface area contributed by atoms with Crippen molar-refractivity contribution >= 4 is 34.5 Å². The Kier molecular flexibility index (Phi) is 9.14. The number of aliphatic hydroxyl groups is 2. The molecule has 1 atom stereocenters. The summed E-state index contributed by atoms with van der Waals surface area (Å²) in [6.45, 7) is 12.2. The molecule has 39 heavy (non-hydrogen) atoms. The lowest BCUT2D eigenvalue weighted by Gasteiger charge is -2.30. The second-order valence-electron chi connectivity index (χ2n) is 11.1. The van der Waals surface area contributed by atoms with E-state index in [1.54, 1.807) is 26.0 Å². The van der Waals surface area contributed by atoms with Gasteiger partial charge in [-0.05, 0) is 95.5 Å². The summed E-state index contributed by atoms with van der Waals surface area (Å²) in [5.74, 6) is 0.192. The van der Waals surface area contributed by atoms with Crippen molar-refractivity contribution in [2.24, 2.45) is 0 Å². The lowest BCUT2D eigenvalue weighted by atomic mass is 10.0. The van der Waals surface area contributed by atoms with Crippen LogP contribution in [0, 0.1) is 13.8 Å². The van der Waals surface area contributed by atoms with E-state index in [0.29, 0.717) is 22.6 Å². The van der Waals surface area contributed by atoms with Crippen molar-refractivity contribution in [2.45, 2.75) is 65.8 Å². The molecule has 1 aromatic heterocycles. The Morgan fingerprint density at radius 3 is 2.31 bits per heavy atom. The number of ether oxygens (including phenoxy) is 2. The zero-order valence-electron chi connectivity index (χ0n) is 23.7. The number of benzene rings is 2. The number of anilines is 1.